The molecule has 0 radical (unpaired) electrons. The zero-order valence-corrected chi connectivity index (χ0v) is 10.9. The van der Waals surface area contributed by atoms with Crippen LogP contribution in [0.25, 0.3) is 6.08 Å². The molecule has 5 nitrogen and oxygen atoms in total. The molecule has 0 heterocycles. The highest BCUT2D eigenvalue weighted by Gasteiger charge is 2.07. The van der Waals surface area contributed by atoms with Gasteiger partial charge in [0.1, 0.15) is 11.5 Å². The van der Waals surface area contributed by atoms with E-state index in [9.17, 15) is 14.7 Å². The van der Waals surface area contributed by atoms with E-state index in [4.69, 9.17) is 10.2 Å². The normalized spacial score (nSPS) is 10.7. The predicted molar refractivity (Wildman–Crippen MR) is 76.5 cm³/mol. The molecule has 0 amide bonds. The molecule has 0 aliphatic carbocycles. The van der Waals surface area contributed by atoms with E-state index in [-0.39, 0.29) is 28.4 Å². The maximum absolute atomic E-state index is 11.9. The Labute approximate surface area is 120 Å². The van der Waals surface area contributed by atoms with E-state index in [1.165, 1.54) is 54.6 Å². The van der Waals surface area contributed by atoms with Gasteiger partial charge in [0, 0.05) is 11.1 Å². The van der Waals surface area contributed by atoms with Gasteiger partial charge in [-0.3, -0.25) is 4.79 Å². The van der Waals surface area contributed by atoms with Gasteiger partial charge in [-0.05, 0) is 54.6 Å². The summed E-state index contributed by atoms with van der Waals surface area (Å²) in [6.45, 7) is 0. The van der Waals surface area contributed by atoms with Crippen molar-refractivity contribution in [3.05, 3.63) is 65.2 Å². The van der Waals surface area contributed by atoms with E-state index < -0.39 is 5.97 Å². The molecule has 5 heteroatoms. The maximum atomic E-state index is 11.9. The molecule has 2 aromatic rings. The highest BCUT2D eigenvalue weighted by molar-refractivity contribution is 6.07. The van der Waals surface area contributed by atoms with E-state index in [2.05, 4.69) is 0 Å². The quantitative estimate of drug-likeness (QED) is 0.592. The topological polar surface area (TPSA) is 94.8 Å². The van der Waals surface area contributed by atoms with Gasteiger partial charge in [0.05, 0.1) is 5.56 Å². The van der Waals surface area contributed by atoms with Crippen LogP contribution in [0.4, 0.5) is 0 Å². The molecule has 21 heavy (non-hydrogen) atoms. The summed E-state index contributed by atoms with van der Waals surface area (Å²) in [4.78, 5) is 22.8. The van der Waals surface area contributed by atoms with Crippen molar-refractivity contribution < 1.29 is 24.9 Å². The number of benzene rings is 2. The second kappa shape index (κ2) is 5.92. The van der Waals surface area contributed by atoms with Crippen molar-refractivity contribution in [3.8, 4) is 11.5 Å². The lowest BCUT2D eigenvalue weighted by Gasteiger charge is -2.01. The fourth-order valence-electron chi connectivity index (χ4n) is 1.71. The second-order valence-electron chi connectivity index (χ2n) is 4.32. The summed E-state index contributed by atoms with van der Waals surface area (Å²) in [6, 6.07) is 9.53. The lowest BCUT2D eigenvalue weighted by atomic mass is 10.1. The van der Waals surface area contributed by atoms with Gasteiger partial charge in [-0.1, -0.05) is 0 Å². The van der Waals surface area contributed by atoms with Crippen LogP contribution in [0.3, 0.4) is 0 Å². The number of carboxylic acids is 1. The lowest BCUT2D eigenvalue weighted by molar-refractivity contribution is 0.0696. The number of ketones is 1. The summed E-state index contributed by atoms with van der Waals surface area (Å²) in [5, 5.41) is 27.7. The Morgan fingerprint density at radius 2 is 1.52 bits per heavy atom. The molecule has 0 bridgehead atoms. The van der Waals surface area contributed by atoms with Crippen LogP contribution in [0, 0.1) is 0 Å². The summed E-state index contributed by atoms with van der Waals surface area (Å²) in [5.74, 6) is -1.50. The average molecular weight is 284 g/mol. The van der Waals surface area contributed by atoms with Crippen LogP contribution in [0.5, 0.6) is 11.5 Å². The van der Waals surface area contributed by atoms with Crippen LogP contribution in [0.1, 0.15) is 26.3 Å². The van der Waals surface area contributed by atoms with E-state index in [0.29, 0.717) is 5.56 Å². The van der Waals surface area contributed by atoms with Crippen LogP contribution < -0.4 is 0 Å². The van der Waals surface area contributed by atoms with Crippen LogP contribution in [-0.4, -0.2) is 27.1 Å². The smallest absolute Gasteiger partial charge is 0.335 e. The highest BCUT2D eigenvalue weighted by atomic mass is 16.4. The third kappa shape index (κ3) is 3.48. The van der Waals surface area contributed by atoms with E-state index in [1.54, 1.807) is 0 Å². The number of allylic oxidation sites excluding steroid dienone is 1. The number of carbonyl (C=O) groups excluding carboxylic acids is 1. The summed E-state index contributed by atoms with van der Waals surface area (Å²) in [6.07, 6.45) is 2.57. The first kappa shape index (κ1) is 14.3. The van der Waals surface area contributed by atoms with Crippen molar-refractivity contribution in [2.75, 3.05) is 0 Å². The maximum Gasteiger partial charge on any atom is 0.335 e. The molecule has 0 saturated heterocycles. The number of phenols is 2. The van der Waals surface area contributed by atoms with Gasteiger partial charge in [-0.15, -0.1) is 0 Å². The molecule has 0 aromatic heterocycles. The Hall–Kier alpha value is -3.08. The van der Waals surface area contributed by atoms with E-state index in [1.807, 2.05) is 0 Å². The van der Waals surface area contributed by atoms with E-state index in [0.717, 1.165) is 0 Å². The standard InChI is InChI=1S/C16H12O5/c17-13-5-1-10(2-6-13)14(18)7-3-11-9-12(16(20)21)4-8-15(11)19/h1-9,17,19H,(H,20,21)/b7-3+. The van der Waals surface area contributed by atoms with Crippen molar-refractivity contribution in [1.29, 1.82) is 0 Å². The number of aromatic hydroxyl groups is 2. The Bertz CT molecular complexity index is 714. The predicted octanol–water partition coefficient (Wildman–Crippen LogP) is 2.69. The first-order valence-electron chi connectivity index (χ1n) is 6.05. The number of phenolic OH excluding ortho intramolecular Hbond substituents is 2. The molecular formula is C16H12O5. The second-order valence-corrected chi connectivity index (χ2v) is 4.32. The minimum absolute atomic E-state index is 0.0181. The summed E-state index contributed by atoms with van der Waals surface area (Å²) < 4.78 is 0. The van der Waals surface area contributed by atoms with Crippen molar-refractivity contribution >= 4 is 17.8 Å². The molecule has 0 aliphatic heterocycles. The minimum Gasteiger partial charge on any atom is -0.508 e. The van der Waals surface area contributed by atoms with Crippen LogP contribution in [-0.2, 0) is 0 Å². The monoisotopic (exact) mass is 284 g/mol. The van der Waals surface area contributed by atoms with Gasteiger partial charge >= 0.3 is 5.97 Å². The molecule has 0 unspecified atom stereocenters. The molecule has 0 spiro atoms. The summed E-state index contributed by atoms with van der Waals surface area (Å²) in [7, 11) is 0. The van der Waals surface area contributed by atoms with Gasteiger partial charge < -0.3 is 15.3 Å². The minimum atomic E-state index is -1.12. The molecular weight excluding hydrogens is 272 g/mol. The first-order valence-corrected chi connectivity index (χ1v) is 6.05. The Kier molecular flexibility index (Phi) is 4.04. The zero-order valence-electron chi connectivity index (χ0n) is 10.9. The third-order valence-electron chi connectivity index (χ3n) is 2.84. The molecule has 2 aromatic carbocycles. The fourth-order valence-corrected chi connectivity index (χ4v) is 1.71. The SMILES string of the molecule is O=C(O)c1ccc(O)c(/C=C/C(=O)c2ccc(O)cc2)c1. The van der Waals surface area contributed by atoms with Crippen LogP contribution >= 0.6 is 0 Å². The van der Waals surface area contributed by atoms with Crippen LogP contribution in [0.15, 0.2) is 48.5 Å². The highest BCUT2D eigenvalue weighted by Crippen LogP contribution is 2.20. The first-order chi connectivity index (χ1) is 9.97. The molecule has 0 atom stereocenters. The van der Waals surface area contributed by atoms with Gasteiger partial charge in [0.15, 0.2) is 5.78 Å². The van der Waals surface area contributed by atoms with Crippen molar-refractivity contribution in [2.45, 2.75) is 0 Å². The third-order valence-corrected chi connectivity index (χ3v) is 2.84. The average Bonchev–Trinajstić information content (AvgIpc) is 2.46. The molecule has 0 saturated carbocycles. The number of hydrogen-bond acceptors (Lipinski definition) is 4. The number of aromatic carboxylic acids is 1. The molecule has 0 aliphatic rings. The Balaban J connectivity index is 2.24. The number of carboxylic acid groups (broad SMARTS) is 1. The zero-order chi connectivity index (χ0) is 15.4. The van der Waals surface area contributed by atoms with Gasteiger partial charge in [0.25, 0.3) is 0 Å². The lowest BCUT2D eigenvalue weighted by Crippen LogP contribution is -1.96. The van der Waals surface area contributed by atoms with Crippen LogP contribution in [0.2, 0.25) is 0 Å². The van der Waals surface area contributed by atoms with E-state index >= 15 is 0 Å². The Morgan fingerprint density at radius 1 is 0.905 bits per heavy atom. The number of hydrogen-bond donors (Lipinski definition) is 3. The van der Waals surface area contributed by atoms with Gasteiger partial charge in [-0.2, -0.15) is 0 Å². The number of rotatable bonds is 4. The summed E-state index contributed by atoms with van der Waals surface area (Å²) >= 11 is 0. The van der Waals surface area contributed by atoms with Gasteiger partial charge in [0.2, 0.25) is 0 Å². The largest absolute Gasteiger partial charge is 0.508 e. The number of carbonyl (C=O) groups is 2. The fraction of sp³-hybridized carbons (Fsp3) is 0. The van der Waals surface area contributed by atoms with Gasteiger partial charge in [-0.25, -0.2) is 4.79 Å². The molecule has 106 valence electrons. The van der Waals surface area contributed by atoms with Crippen molar-refractivity contribution in [2.24, 2.45) is 0 Å². The van der Waals surface area contributed by atoms with Crippen molar-refractivity contribution in [3.63, 3.8) is 0 Å². The molecule has 3 N–H and O–H groups in total. The molecule has 0 fully saturated rings. The summed E-state index contributed by atoms with van der Waals surface area (Å²) in [5.41, 5.74) is 0.629. The Morgan fingerprint density at radius 3 is 2.14 bits per heavy atom. The molecule has 2 rings (SSSR count). The van der Waals surface area contributed by atoms with Crippen molar-refractivity contribution in [1.82, 2.24) is 0 Å².